The smallest absolute Gasteiger partial charge is 0.119 e. The van der Waals surface area contributed by atoms with E-state index in [4.69, 9.17) is 4.74 Å². The minimum Gasteiger partial charge on any atom is -0.497 e. The largest absolute Gasteiger partial charge is 0.497 e. The zero-order valence-corrected chi connectivity index (χ0v) is 10.3. The third kappa shape index (κ3) is 2.76. The third-order valence-corrected chi connectivity index (χ3v) is 3.67. The monoisotopic (exact) mass is 219 g/mol. The highest BCUT2D eigenvalue weighted by molar-refractivity contribution is 5.28. The molecule has 0 radical (unpaired) electrons. The minimum absolute atomic E-state index is 0.624. The van der Waals surface area contributed by atoms with Crippen molar-refractivity contribution in [2.45, 2.75) is 32.7 Å². The van der Waals surface area contributed by atoms with Gasteiger partial charge in [0, 0.05) is 13.1 Å². The first-order valence-electron chi connectivity index (χ1n) is 6.12. The average Bonchev–Trinajstić information content (AvgIpc) is 3.10. The summed E-state index contributed by atoms with van der Waals surface area (Å²) in [7, 11) is 1.71. The molecule has 0 atom stereocenters. The summed E-state index contributed by atoms with van der Waals surface area (Å²) >= 11 is 0. The van der Waals surface area contributed by atoms with Crippen LogP contribution in [0, 0.1) is 5.41 Å². The van der Waals surface area contributed by atoms with E-state index in [0.29, 0.717) is 5.41 Å². The van der Waals surface area contributed by atoms with Crippen LogP contribution in [0.1, 0.15) is 31.7 Å². The lowest BCUT2D eigenvalue weighted by Gasteiger charge is -2.13. The van der Waals surface area contributed by atoms with Crippen LogP contribution in [0.3, 0.4) is 0 Å². The van der Waals surface area contributed by atoms with Gasteiger partial charge in [-0.05, 0) is 42.4 Å². The number of ether oxygens (including phenoxy) is 1. The van der Waals surface area contributed by atoms with Crippen molar-refractivity contribution in [1.82, 2.24) is 5.32 Å². The highest BCUT2D eigenvalue weighted by Crippen LogP contribution is 2.47. The molecule has 0 unspecified atom stereocenters. The Labute approximate surface area is 98.0 Å². The molecule has 0 saturated heterocycles. The Morgan fingerprint density at radius 3 is 2.81 bits per heavy atom. The van der Waals surface area contributed by atoms with Crippen LogP contribution in [0.15, 0.2) is 24.3 Å². The van der Waals surface area contributed by atoms with Crippen molar-refractivity contribution < 1.29 is 4.74 Å². The molecule has 1 aliphatic carbocycles. The van der Waals surface area contributed by atoms with E-state index in [-0.39, 0.29) is 0 Å². The van der Waals surface area contributed by atoms with E-state index < -0.39 is 0 Å². The van der Waals surface area contributed by atoms with E-state index >= 15 is 0 Å². The van der Waals surface area contributed by atoms with Crippen molar-refractivity contribution in [2.24, 2.45) is 5.41 Å². The average molecular weight is 219 g/mol. The molecule has 2 rings (SSSR count). The Balaban J connectivity index is 1.80. The van der Waals surface area contributed by atoms with Gasteiger partial charge in [0.1, 0.15) is 5.75 Å². The molecule has 0 aliphatic heterocycles. The highest BCUT2D eigenvalue weighted by atomic mass is 16.5. The Hall–Kier alpha value is -1.02. The molecule has 1 aromatic rings. The van der Waals surface area contributed by atoms with Crippen molar-refractivity contribution >= 4 is 0 Å². The predicted octanol–water partition coefficient (Wildman–Crippen LogP) is 2.98. The summed E-state index contributed by atoms with van der Waals surface area (Å²) in [5.74, 6) is 0.941. The van der Waals surface area contributed by atoms with Gasteiger partial charge >= 0.3 is 0 Å². The van der Waals surface area contributed by atoms with Crippen molar-refractivity contribution in [1.29, 1.82) is 0 Å². The number of hydrogen-bond donors (Lipinski definition) is 1. The van der Waals surface area contributed by atoms with Gasteiger partial charge in [-0.3, -0.25) is 0 Å². The minimum atomic E-state index is 0.624. The van der Waals surface area contributed by atoms with Gasteiger partial charge in [-0.1, -0.05) is 19.1 Å². The van der Waals surface area contributed by atoms with Crippen molar-refractivity contribution in [2.75, 3.05) is 13.7 Å². The van der Waals surface area contributed by atoms with E-state index in [1.54, 1.807) is 7.11 Å². The van der Waals surface area contributed by atoms with Gasteiger partial charge < -0.3 is 10.1 Å². The number of nitrogens with one attached hydrogen (secondary N) is 1. The van der Waals surface area contributed by atoms with Crippen LogP contribution >= 0.6 is 0 Å². The molecule has 1 N–H and O–H groups in total. The molecule has 1 aromatic carbocycles. The Morgan fingerprint density at radius 1 is 1.38 bits per heavy atom. The normalized spacial score (nSPS) is 17.1. The van der Waals surface area contributed by atoms with Gasteiger partial charge in [-0.25, -0.2) is 0 Å². The Bertz CT molecular complexity index is 344. The Kier molecular flexibility index (Phi) is 3.49. The first-order chi connectivity index (χ1) is 7.78. The van der Waals surface area contributed by atoms with Gasteiger partial charge in [0.05, 0.1) is 7.11 Å². The molecule has 1 saturated carbocycles. The van der Waals surface area contributed by atoms with Gasteiger partial charge in [0.15, 0.2) is 0 Å². The number of benzene rings is 1. The van der Waals surface area contributed by atoms with E-state index in [9.17, 15) is 0 Å². The molecule has 0 aromatic heterocycles. The van der Waals surface area contributed by atoms with E-state index in [1.807, 2.05) is 12.1 Å². The summed E-state index contributed by atoms with van der Waals surface area (Å²) < 4.78 is 5.21. The maximum atomic E-state index is 5.21. The molecule has 2 nitrogen and oxygen atoms in total. The molecule has 1 aliphatic rings. The number of rotatable bonds is 6. The molecule has 0 amide bonds. The van der Waals surface area contributed by atoms with Crippen LogP contribution in [-0.4, -0.2) is 13.7 Å². The standard InChI is InChI=1S/C14H21NO/c1-3-14(7-8-14)11-15-10-12-5-4-6-13(9-12)16-2/h4-6,9,15H,3,7-8,10-11H2,1-2H3. The summed E-state index contributed by atoms with van der Waals surface area (Å²) in [6.45, 7) is 4.39. The molecular weight excluding hydrogens is 198 g/mol. The molecule has 1 fully saturated rings. The van der Waals surface area contributed by atoms with Crippen molar-refractivity contribution in [3.05, 3.63) is 29.8 Å². The maximum absolute atomic E-state index is 5.21. The zero-order valence-electron chi connectivity index (χ0n) is 10.3. The molecule has 0 bridgehead atoms. The Morgan fingerprint density at radius 2 is 2.19 bits per heavy atom. The van der Waals surface area contributed by atoms with Gasteiger partial charge in [0.2, 0.25) is 0 Å². The fraction of sp³-hybridized carbons (Fsp3) is 0.571. The fourth-order valence-electron chi connectivity index (χ4n) is 2.09. The van der Waals surface area contributed by atoms with Gasteiger partial charge in [-0.2, -0.15) is 0 Å². The predicted molar refractivity (Wildman–Crippen MR) is 66.7 cm³/mol. The zero-order chi connectivity index (χ0) is 11.4. The maximum Gasteiger partial charge on any atom is 0.119 e. The van der Waals surface area contributed by atoms with Gasteiger partial charge in [-0.15, -0.1) is 0 Å². The topological polar surface area (TPSA) is 21.3 Å². The summed E-state index contributed by atoms with van der Waals surface area (Å²) in [6, 6.07) is 8.26. The molecule has 2 heteroatoms. The quantitative estimate of drug-likeness (QED) is 0.794. The van der Waals surface area contributed by atoms with Crippen LogP contribution in [-0.2, 0) is 6.54 Å². The second-order valence-electron chi connectivity index (χ2n) is 4.81. The second-order valence-corrected chi connectivity index (χ2v) is 4.81. The van der Waals surface area contributed by atoms with Crippen molar-refractivity contribution in [3.63, 3.8) is 0 Å². The summed E-state index contributed by atoms with van der Waals surface area (Å²) in [4.78, 5) is 0. The molecule has 16 heavy (non-hydrogen) atoms. The lowest BCUT2D eigenvalue weighted by molar-refractivity contribution is 0.413. The van der Waals surface area contributed by atoms with Crippen LogP contribution < -0.4 is 10.1 Å². The number of methoxy groups -OCH3 is 1. The van der Waals surface area contributed by atoms with E-state index in [1.165, 1.54) is 24.8 Å². The van der Waals surface area contributed by atoms with Crippen LogP contribution in [0.2, 0.25) is 0 Å². The highest BCUT2D eigenvalue weighted by Gasteiger charge is 2.39. The van der Waals surface area contributed by atoms with E-state index in [0.717, 1.165) is 18.8 Å². The van der Waals surface area contributed by atoms with Crippen LogP contribution in [0.4, 0.5) is 0 Å². The van der Waals surface area contributed by atoms with Crippen LogP contribution in [0.25, 0.3) is 0 Å². The summed E-state index contributed by atoms with van der Waals surface area (Å²) in [5.41, 5.74) is 1.92. The fourth-order valence-corrected chi connectivity index (χ4v) is 2.09. The first-order valence-corrected chi connectivity index (χ1v) is 6.12. The van der Waals surface area contributed by atoms with Crippen molar-refractivity contribution in [3.8, 4) is 5.75 Å². The SMILES string of the molecule is CCC1(CNCc2cccc(OC)c2)CC1. The van der Waals surface area contributed by atoms with Crippen LogP contribution in [0.5, 0.6) is 5.75 Å². The first kappa shape index (κ1) is 11.5. The molecular formula is C14H21NO. The molecule has 0 heterocycles. The lowest BCUT2D eigenvalue weighted by Crippen LogP contribution is -2.23. The summed E-state index contributed by atoms with van der Waals surface area (Å²) in [5, 5.41) is 3.55. The molecule has 0 spiro atoms. The number of hydrogen-bond acceptors (Lipinski definition) is 2. The molecule has 88 valence electrons. The van der Waals surface area contributed by atoms with E-state index in [2.05, 4.69) is 24.4 Å². The lowest BCUT2D eigenvalue weighted by atomic mass is 10.0. The second kappa shape index (κ2) is 4.88. The third-order valence-electron chi connectivity index (χ3n) is 3.67. The van der Waals surface area contributed by atoms with Gasteiger partial charge in [0.25, 0.3) is 0 Å². The summed E-state index contributed by atoms with van der Waals surface area (Å²) in [6.07, 6.45) is 4.10.